The van der Waals surface area contributed by atoms with Crippen molar-refractivity contribution in [1.29, 1.82) is 0 Å². The van der Waals surface area contributed by atoms with Crippen molar-refractivity contribution in [3.05, 3.63) is 29.8 Å². The summed E-state index contributed by atoms with van der Waals surface area (Å²) in [6, 6.07) is 8.36. The molecule has 1 heterocycles. The number of methoxy groups -OCH3 is 1. The van der Waals surface area contributed by atoms with E-state index < -0.39 is 0 Å². The summed E-state index contributed by atoms with van der Waals surface area (Å²) in [7, 11) is 1.68. The molecule has 20 heavy (non-hydrogen) atoms. The molecule has 1 aliphatic heterocycles. The van der Waals surface area contributed by atoms with Gasteiger partial charge in [0.1, 0.15) is 5.75 Å². The molecule has 112 valence electrons. The fraction of sp³-hybridized carbons (Fsp3) is 0.625. The highest BCUT2D eigenvalue weighted by Gasteiger charge is 2.29. The molecular weight excluding hydrogens is 252 g/mol. The minimum Gasteiger partial charge on any atom is -0.497 e. The van der Waals surface area contributed by atoms with Gasteiger partial charge >= 0.3 is 0 Å². The molecule has 4 heteroatoms. The Kier molecular flexibility index (Phi) is 5.40. The van der Waals surface area contributed by atoms with Gasteiger partial charge in [-0.1, -0.05) is 12.1 Å². The average Bonchev–Trinajstić information content (AvgIpc) is 2.47. The summed E-state index contributed by atoms with van der Waals surface area (Å²) in [5, 5.41) is 9.40. The number of hydrogen-bond acceptors (Lipinski definition) is 4. The van der Waals surface area contributed by atoms with Gasteiger partial charge in [0.15, 0.2) is 0 Å². The van der Waals surface area contributed by atoms with Gasteiger partial charge in [0.25, 0.3) is 0 Å². The second-order valence-corrected chi connectivity index (χ2v) is 5.77. The molecule has 1 aliphatic rings. The molecule has 0 spiro atoms. The van der Waals surface area contributed by atoms with Gasteiger partial charge in [0.2, 0.25) is 0 Å². The van der Waals surface area contributed by atoms with Gasteiger partial charge in [-0.05, 0) is 49.9 Å². The molecular formula is C16H26N2O2. The first-order valence-corrected chi connectivity index (χ1v) is 7.40. The Hall–Kier alpha value is -1.10. The zero-order chi connectivity index (χ0) is 14.5. The topological polar surface area (TPSA) is 58.7 Å². The summed E-state index contributed by atoms with van der Waals surface area (Å²) >= 11 is 0. The van der Waals surface area contributed by atoms with Gasteiger partial charge in [-0.3, -0.25) is 4.90 Å². The molecule has 2 rings (SSSR count). The van der Waals surface area contributed by atoms with E-state index in [9.17, 15) is 5.11 Å². The molecule has 1 aromatic carbocycles. The van der Waals surface area contributed by atoms with Crippen LogP contribution in [0.15, 0.2) is 24.3 Å². The number of rotatable bonds is 5. The Morgan fingerprint density at radius 2 is 2.30 bits per heavy atom. The number of likely N-dealkylation sites (tertiary alicyclic amines) is 1. The second kappa shape index (κ2) is 7.07. The van der Waals surface area contributed by atoms with Crippen LogP contribution in [0.4, 0.5) is 0 Å². The van der Waals surface area contributed by atoms with Crippen LogP contribution in [0.2, 0.25) is 0 Å². The molecule has 0 amide bonds. The maximum absolute atomic E-state index is 9.40. The fourth-order valence-corrected chi connectivity index (χ4v) is 3.17. The molecule has 1 saturated heterocycles. The average molecular weight is 278 g/mol. The fourth-order valence-electron chi connectivity index (χ4n) is 3.17. The molecule has 3 atom stereocenters. The Morgan fingerprint density at radius 3 is 2.95 bits per heavy atom. The number of nitrogens with two attached hydrogens (primary N) is 1. The molecule has 3 unspecified atom stereocenters. The van der Waals surface area contributed by atoms with E-state index in [4.69, 9.17) is 10.5 Å². The van der Waals surface area contributed by atoms with Crippen molar-refractivity contribution in [2.75, 3.05) is 26.8 Å². The molecule has 1 aromatic rings. The maximum Gasteiger partial charge on any atom is 0.119 e. The van der Waals surface area contributed by atoms with Crippen molar-refractivity contribution in [3.63, 3.8) is 0 Å². The quantitative estimate of drug-likeness (QED) is 0.862. The van der Waals surface area contributed by atoms with E-state index >= 15 is 0 Å². The van der Waals surface area contributed by atoms with Gasteiger partial charge in [-0.25, -0.2) is 0 Å². The third-order valence-electron chi connectivity index (χ3n) is 4.14. The van der Waals surface area contributed by atoms with E-state index in [1.807, 2.05) is 19.1 Å². The number of ether oxygens (including phenoxy) is 1. The summed E-state index contributed by atoms with van der Waals surface area (Å²) in [6.45, 7) is 4.27. The molecule has 0 radical (unpaired) electrons. The number of nitrogens with zero attached hydrogens (tertiary/aromatic N) is 1. The van der Waals surface area contributed by atoms with E-state index in [0.717, 1.165) is 31.7 Å². The van der Waals surface area contributed by atoms with Crippen molar-refractivity contribution in [2.45, 2.75) is 31.8 Å². The Morgan fingerprint density at radius 1 is 1.50 bits per heavy atom. The zero-order valence-electron chi connectivity index (χ0n) is 12.5. The van der Waals surface area contributed by atoms with E-state index in [2.05, 4.69) is 17.0 Å². The van der Waals surface area contributed by atoms with Crippen LogP contribution >= 0.6 is 0 Å². The number of aliphatic hydroxyl groups excluding tert-OH is 1. The minimum atomic E-state index is 0.0412. The normalized spacial score (nSPS) is 23.3. The highest BCUT2D eigenvalue weighted by atomic mass is 16.5. The van der Waals surface area contributed by atoms with Gasteiger partial charge < -0.3 is 15.6 Å². The summed E-state index contributed by atoms with van der Waals surface area (Å²) in [5.74, 6) is 1.24. The van der Waals surface area contributed by atoms with Gasteiger partial charge in [-0.15, -0.1) is 0 Å². The SMILES string of the molecule is COc1cccc(C(C(C)N)N2CCCC(CO)C2)c1. The zero-order valence-corrected chi connectivity index (χ0v) is 12.5. The van der Waals surface area contributed by atoms with Crippen LogP contribution < -0.4 is 10.5 Å². The molecule has 0 saturated carbocycles. The van der Waals surface area contributed by atoms with E-state index in [1.165, 1.54) is 5.56 Å². The van der Waals surface area contributed by atoms with Gasteiger partial charge in [-0.2, -0.15) is 0 Å². The summed E-state index contributed by atoms with van der Waals surface area (Å²) in [6.07, 6.45) is 2.23. The summed E-state index contributed by atoms with van der Waals surface area (Å²) in [5.41, 5.74) is 7.43. The Labute approximate surface area is 121 Å². The Balaban J connectivity index is 2.21. The van der Waals surface area contributed by atoms with Crippen molar-refractivity contribution >= 4 is 0 Å². The number of piperidine rings is 1. The monoisotopic (exact) mass is 278 g/mol. The third-order valence-corrected chi connectivity index (χ3v) is 4.14. The molecule has 0 bridgehead atoms. The third kappa shape index (κ3) is 3.51. The first kappa shape index (κ1) is 15.3. The summed E-state index contributed by atoms with van der Waals surface area (Å²) < 4.78 is 5.32. The van der Waals surface area contributed by atoms with Crippen LogP contribution in [-0.4, -0.2) is 42.9 Å². The van der Waals surface area contributed by atoms with E-state index in [0.29, 0.717) is 5.92 Å². The first-order chi connectivity index (χ1) is 9.65. The van der Waals surface area contributed by atoms with Crippen LogP contribution in [-0.2, 0) is 0 Å². The highest BCUT2D eigenvalue weighted by molar-refractivity contribution is 5.31. The molecule has 0 aromatic heterocycles. The predicted octanol–water partition coefficient (Wildman–Crippen LogP) is 1.79. The van der Waals surface area contributed by atoms with Crippen molar-refractivity contribution in [1.82, 2.24) is 4.90 Å². The maximum atomic E-state index is 9.40. The number of aliphatic hydroxyl groups is 1. The van der Waals surface area contributed by atoms with Crippen molar-refractivity contribution in [3.8, 4) is 5.75 Å². The first-order valence-electron chi connectivity index (χ1n) is 7.40. The van der Waals surface area contributed by atoms with Crippen LogP contribution in [0.25, 0.3) is 0 Å². The van der Waals surface area contributed by atoms with Crippen LogP contribution in [0.3, 0.4) is 0 Å². The van der Waals surface area contributed by atoms with Crippen LogP contribution in [0, 0.1) is 5.92 Å². The highest BCUT2D eigenvalue weighted by Crippen LogP contribution is 2.30. The molecule has 3 N–H and O–H groups in total. The molecule has 4 nitrogen and oxygen atoms in total. The van der Waals surface area contributed by atoms with Crippen molar-refractivity contribution < 1.29 is 9.84 Å². The van der Waals surface area contributed by atoms with Crippen molar-refractivity contribution in [2.24, 2.45) is 11.7 Å². The van der Waals surface area contributed by atoms with Gasteiger partial charge in [0.05, 0.1) is 7.11 Å². The predicted molar refractivity (Wildman–Crippen MR) is 80.8 cm³/mol. The summed E-state index contributed by atoms with van der Waals surface area (Å²) in [4.78, 5) is 2.41. The minimum absolute atomic E-state index is 0.0412. The lowest BCUT2D eigenvalue weighted by atomic mass is 9.92. The largest absolute Gasteiger partial charge is 0.497 e. The van der Waals surface area contributed by atoms with Crippen LogP contribution in [0.1, 0.15) is 31.4 Å². The smallest absolute Gasteiger partial charge is 0.119 e. The number of hydrogen-bond donors (Lipinski definition) is 2. The van der Waals surface area contributed by atoms with E-state index in [1.54, 1.807) is 7.11 Å². The Bertz CT molecular complexity index is 423. The lowest BCUT2D eigenvalue weighted by Gasteiger charge is -2.40. The van der Waals surface area contributed by atoms with Gasteiger partial charge in [0, 0.05) is 25.2 Å². The standard InChI is InChI=1S/C16H26N2O2/c1-12(17)16(14-6-3-7-15(9-14)20-2)18-8-4-5-13(10-18)11-19/h3,6-7,9,12-13,16,19H,4-5,8,10-11,17H2,1-2H3. The second-order valence-electron chi connectivity index (χ2n) is 5.77. The molecule has 0 aliphatic carbocycles. The van der Waals surface area contributed by atoms with Crippen LogP contribution in [0.5, 0.6) is 5.75 Å². The van der Waals surface area contributed by atoms with E-state index in [-0.39, 0.29) is 18.7 Å². The lowest BCUT2D eigenvalue weighted by Crippen LogP contribution is -2.45. The number of benzene rings is 1. The molecule has 1 fully saturated rings. The lowest BCUT2D eigenvalue weighted by molar-refractivity contribution is 0.0792.